The first kappa shape index (κ1) is 18.0. The van der Waals surface area contributed by atoms with Gasteiger partial charge in [0.25, 0.3) is 5.91 Å². The third kappa shape index (κ3) is 4.36. The van der Waals surface area contributed by atoms with Crippen LogP contribution in [-0.4, -0.2) is 16.9 Å². The molecule has 1 aromatic carbocycles. The fraction of sp³-hybridized carbons (Fsp3) is 0.0714. The topological polar surface area (TPSA) is 71.1 Å². The molecule has 2 N–H and O–H groups in total. The van der Waals surface area contributed by atoms with E-state index in [1.165, 1.54) is 18.2 Å². The largest absolute Gasteiger partial charge is 0.417 e. The van der Waals surface area contributed by atoms with Gasteiger partial charge in [0.2, 0.25) is 0 Å². The van der Waals surface area contributed by atoms with Crippen molar-refractivity contribution in [2.75, 3.05) is 5.32 Å². The van der Waals surface area contributed by atoms with Gasteiger partial charge >= 0.3 is 12.2 Å². The number of amides is 3. The van der Waals surface area contributed by atoms with Crippen molar-refractivity contribution in [3.8, 4) is 0 Å². The quantitative estimate of drug-likeness (QED) is 0.816. The minimum absolute atomic E-state index is 0.0995. The Kier molecular flexibility index (Phi) is 5.30. The molecule has 0 atom stereocenters. The Bertz CT molecular complexity index is 797. The van der Waals surface area contributed by atoms with Gasteiger partial charge in [0, 0.05) is 17.4 Å². The normalized spacial score (nSPS) is 11.0. The highest BCUT2D eigenvalue weighted by Crippen LogP contribution is 2.31. The number of pyridine rings is 1. The summed E-state index contributed by atoms with van der Waals surface area (Å²) in [6.07, 6.45) is -3.14. The molecule has 1 aromatic heterocycles. The van der Waals surface area contributed by atoms with Gasteiger partial charge in [-0.3, -0.25) is 15.1 Å². The van der Waals surface area contributed by atoms with Gasteiger partial charge in [0.1, 0.15) is 0 Å². The summed E-state index contributed by atoms with van der Waals surface area (Å²) in [5, 5.41) is 4.44. The van der Waals surface area contributed by atoms with Crippen molar-refractivity contribution in [2.24, 2.45) is 0 Å². The van der Waals surface area contributed by atoms with E-state index in [0.717, 1.165) is 12.4 Å². The van der Waals surface area contributed by atoms with Crippen LogP contribution in [0, 0.1) is 0 Å². The van der Waals surface area contributed by atoms with Crippen molar-refractivity contribution in [2.45, 2.75) is 6.18 Å². The van der Waals surface area contributed by atoms with Crippen LogP contribution in [0.4, 0.5) is 23.7 Å². The van der Waals surface area contributed by atoms with Crippen molar-refractivity contribution in [3.05, 3.63) is 57.8 Å². The molecule has 2 rings (SSSR count). The molecule has 0 unspecified atom stereocenters. The van der Waals surface area contributed by atoms with Crippen LogP contribution in [0.25, 0.3) is 0 Å². The van der Waals surface area contributed by atoms with Crippen molar-refractivity contribution in [1.82, 2.24) is 10.3 Å². The number of nitrogens with one attached hydrogen (secondary N) is 2. The predicted octanol–water partition coefficient (Wildman–Crippen LogP) is 4.37. The molecule has 3 amide bonds. The minimum atomic E-state index is -4.76. The number of benzene rings is 1. The maximum Gasteiger partial charge on any atom is 0.417 e. The predicted molar refractivity (Wildman–Crippen MR) is 82.2 cm³/mol. The van der Waals surface area contributed by atoms with E-state index in [4.69, 9.17) is 23.2 Å². The Morgan fingerprint density at radius 1 is 1.12 bits per heavy atom. The van der Waals surface area contributed by atoms with Crippen LogP contribution in [0.15, 0.2) is 36.7 Å². The summed E-state index contributed by atoms with van der Waals surface area (Å²) >= 11 is 11.5. The highest BCUT2D eigenvalue weighted by Gasteiger charge is 2.35. The number of carbonyl (C=O) groups is 2. The first-order valence-corrected chi connectivity index (χ1v) is 7.02. The van der Waals surface area contributed by atoms with E-state index >= 15 is 0 Å². The summed E-state index contributed by atoms with van der Waals surface area (Å²) in [5.41, 5.74) is -1.84. The first-order chi connectivity index (χ1) is 11.2. The number of hydrogen-bond donors (Lipinski definition) is 2. The van der Waals surface area contributed by atoms with Gasteiger partial charge in [-0.25, -0.2) is 4.79 Å². The number of rotatable bonds is 2. The molecule has 24 heavy (non-hydrogen) atoms. The average molecular weight is 378 g/mol. The molecule has 0 fully saturated rings. The highest BCUT2D eigenvalue weighted by atomic mass is 35.5. The van der Waals surface area contributed by atoms with Crippen LogP contribution < -0.4 is 10.6 Å². The van der Waals surface area contributed by atoms with Gasteiger partial charge in [-0.15, -0.1) is 0 Å². The van der Waals surface area contributed by atoms with E-state index in [2.05, 4.69) is 10.3 Å². The van der Waals surface area contributed by atoms with Crippen LogP contribution in [0.3, 0.4) is 0 Å². The van der Waals surface area contributed by atoms with E-state index in [1.54, 1.807) is 5.32 Å². The molecule has 126 valence electrons. The van der Waals surface area contributed by atoms with Gasteiger partial charge in [0.15, 0.2) is 0 Å². The Morgan fingerprint density at radius 2 is 1.83 bits per heavy atom. The monoisotopic (exact) mass is 377 g/mol. The third-order valence-electron chi connectivity index (χ3n) is 2.78. The van der Waals surface area contributed by atoms with Gasteiger partial charge in [0.05, 0.1) is 21.8 Å². The minimum Gasteiger partial charge on any atom is -0.306 e. The number of aromatic nitrogens is 1. The molecule has 0 radical (unpaired) electrons. The number of hydrogen-bond acceptors (Lipinski definition) is 3. The van der Waals surface area contributed by atoms with Gasteiger partial charge < -0.3 is 5.32 Å². The van der Waals surface area contributed by atoms with Gasteiger partial charge in [-0.05, 0) is 24.3 Å². The summed E-state index contributed by atoms with van der Waals surface area (Å²) in [4.78, 5) is 27.1. The first-order valence-electron chi connectivity index (χ1n) is 6.27. The van der Waals surface area contributed by atoms with Crippen LogP contribution in [0.1, 0.15) is 15.9 Å². The molecule has 10 heteroatoms. The van der Waals surface area contributed by atoms with E-state index in [-0.39, 0.29) is 10.7 Å². The second-order valence-corrected chi connectivity index (χ2v) is 5.30. The summed E-state index contributed by atoms with van der Waals surface area (Å²) in [6, 6.07) is 3.75. The zero-order chi connectivity index (χ0) is 17.9. The Morgan fingerprint density at radius 3 is 2.46 bits per heavy atom. The molecule has 0 aliphatic rings. The van der Waals surface area contributed by atoms with E-state index in [0.29, 0.717) is 11.1 Å². The standard InChI is InChI=1S/C14H8Cl2F3N3O2/c15-7-1-2-11(10(16)5-7)21-13(24)22-12(23)8-6-20-4-3-9(8)14(17,18)19/h1-6H,(H2,21,22,23,24). The highest BCUT2D eigenvalue weighted by molar-refractivity contribution is 6.36. The molecular weight excluding hydrogens is 370 g/mol. The fourth-order valence-electron chi connectivity index (χ4n) is 1.74. The number of urea groups is 1. The molecule has 0 aliphatic carbocycles. The van der Waals surface area contributed by atoms with Gasteiger partial charge in [-0.1, -0.05) is 23.2 Å². The zero-order valence-corrected chi connectivity index (χ0v) is 13.1. The molecule has 0 aliphatic heterocycles. The Hall–Kier alpha value is -2.32. The fourth-order valence-corrected chi connectivity index (χ4v) is 2.19. The summed E-state index contributed by atoms with van der Waals surface area (Å²) in [5.74, 6) is -1.25. The lowest BCUT2D eigenvalue weighted by atomic mass is 10.1. The summed E-state index contributed by atoms with van der Waals surface area (Å²) in [7, 11) is 0. The summed E-state index contributed by atoms with van der Waals surface area (Å²) in [6.45, 7) is 0. The van der Waals surface area contributed by atoms with E-state index in [1.807, 2.05) is 0 Å². The third-order valence-corrected chi connectivity index (χ3v) is 3.33. The van der Waals surface area contributed by atoms with Crippen molar-refractivity contribution in [1.29, 1.82) is 0 Å². The number of carbonyl (C=O) groups excluding carboxylic acids is 2. The lowest BCUT2D eigenvalue weighted by Gasteiger charge is -2.12. The van der Waals surface area contributed by atoms with E-state index in [9.17, 15) is 22.8 Å². The van der Waals surface area contributed by atoms with Gasteiger partial charge in [-0.2, -0.15) is 13.2 Å². The molecule has 0 saturated heterocycles. The maximum atomic E-state index is 12.8. The second-order valence-electron chi connectivity index (χ2n) is 4.45. The number of nitrogens with zero attached hydrogens (tertiary/aromatic N) is 1. The number of alkyl halides is 3. The Balaban J connectivity index is 2.14. The molecule has 0 bridgehead atoms. The lowest BCUT2D eigenvalue weighted by Crippen LogP contribution is -2.35. The lowest BCUT2D eigenvalue weighted by molar-refractivity contribution is -0.138. The maximum absolute atomic E-state index is 12.8. The van der Waals surface area contributed by atoms with Crippen LogP contribution in [-0.2, 0) is 6.18 Å². The average Bonchev–Trinajstić information content (AvgIpc) is 2.49. The molecule has 0 spiro atoms. The van der Waals surface area contributed by atoms with Crippen molar-refractivity contribution < 1.29 is 22.8 Å². The summed E-state index contributed by atoms with van der Waals surface area (Å²) < 4.78 is 38.5. The van der Waals surface area contributed by atoms with Crippen LogP contribution in [0.2, 0.25) is 10.0 Å². The van der Waals surface area contributed by atoms with Crippen LogP contribution in [0.5, 0.6) is 0 Å². The van der Waals surface area contributed by atoms with E-state index < -0.39 is 29.2 Å². The molecule has 5 nitrogen and oxygen atoms in total. The van der Waals surface area contributed by atoms with Crippen molar-refractivity contribution in [3.63, 3.8) is 0 Å². The SMILES string of the molecule is O=C(NC(=O)c1cnccc1C(F)(F)F)Nc1ccc(Cl)cc1Cl. The molecule has 0 saturated carbocycles. The molecule has 1 heterocycles. The zero-order valence-electron chi connectivity index (χ0n) is 11.6. The van der Waals surface area contributed by atoms with Crippen molar-refractivity contribution >= 4 is 40.8 Å². The second kappa shape index (κ2) is 7.06. The molecular formula is C14H8Cl2F3N3O2. The Labute approximate surface area is 143 Å². The number of anilines is 1. The number of halogens is 5. The van der Waals surface area contributed by atoms with Crippen LogP contribution >= 0.6 is 23.2 Å². The molecule has 2 aromatic rings. The number of imide groups is 1. The smallest absolute Gasteiger partial charge is 0.306 e.